The smallest absolute Gasteiger partial charge is 0.339 e. The lowest BCUT2D eigenvalue weighted by molar-refractivity contribution is -0.125. The van der Waals surface area contributed by atoms with Crippen molar-refractivity contribution in [3.05, 3.63) is 71.1 Å². The van der Waals surface area contributed by atoms with Crippen molar-refractivity contribution in [3.63, 3.8) is 0 Å². The number of para-hydroxylation sites is 1. The zero-order chi connectivity index (χ0) is 19.1. The topological polar surface area (TPSA) is 81.4 Å². The van der Waals surface area contributed by atoms with Gasteiger partial charge in [0.1, 0.15) is 11.3 Å². The standard InChI is InChI=1S/C21H14N2O4S/c24-19(18-9-12-5-1-3-7-14(12)20(25)27-18)23-21-22-15(11-28-21)17-10-13-6-2-4-8-16(13)26-17/h1-8,10-11,18H,9H2,(H,22,23,24)/t18-/m0/s1. The van der Waals surface area contributed by atoms with Crippen molar-refractivity contribution in [2.75, 3.05) is 5.32 Å². The number of cyclic esters (lactones) is 1. The van der Waals surface area contributed by atoms with Crippen LogP contribution in [0.1, 0.15) is 15.9 Å². The number of benzene rings is 2. The summed E-state index contributed by atoms with van der Waals surface area (Å²) in [6.07, 6.45) is -0.531. The highest BCUT2D eigenvalue weighted by Crippen LogP contribution is 2.30. The molecule has 2 aromatic carbocycles. The Morgan fingerprint density at radius 2 is 1.96 bits per heavy atom. The lowest BCUT2D eigenvalue weighted by atomic mass is 9.98. The molecule has 2 aromatic heterocycles. The van der Waals surface area contributed by atoms with E-state index in [1.165, 1.54) is 11.3 Å². The normalized spacial score (nSPS) is 15.9. The van der Waals surface area contributed by atoms with Gasteiger partial charge in [0, 0.05) is 17.2 Å². The molecular formula is C21H14N2O4S. The van der Waals surface area contributed by atoms with Crippen molar-refractivity contribution < 1.29 is 18.7 Å². The van der Waals surface area contributed by atoms with E-state index >= 15 is 0 Å². The minimum absolute atomic E-state index is 0.343. The van der Waals surface area contributed by atoms with Gasteiger partial charge in [-0.3, -0.25) is 10.1 Å². The van der Waals surface area contributed by atoms with Crippen LogP contribution in [0.3, 0.4) is 0 Å². The maximum Gasteiger partial charge on any atom is 0.339 e. The van der Waals surface area contributed by atoms with Crippen LogP contribution in [0.2, 0.25) is 0 Å². The molecule has 7 heteroatoms. The summed E-state index contributed by atoms with van der Waals surface area (Å²) in [5.74, 6) is -0.242. The van der Waals surface area contributed by atoms with Gasteiger partial charge in [0.25, 0.3) is 5.91 Å². The zero-order valence-corrected chi connectivity index (χ0v) is 15.4. The number of aromatic nitrogens is 1. The summed E-state index contributed by atoms with van der Waals surface area (Å²) in [6.45, 7) is 0. The molecule has 0 bridgehead atoms. The molecule has 1 atom stereocenters. The quantitative estimate of drug-likeness (QED) is 0.528. The van der Waals surface area contributed by atoms with Gasteiger partial charge in [-0.2, -0.15) is 0 Å². The van der Waals surface area contributed by atoms with Crippen molar-refractivity contribution in [2.24, 2.45) is 0 Å². The largest absolute Gasteiger partial charge is 0.454 e. The summed E-state index contributed by atoms with van der Waals surface area (Å²) in [4.78, 5) is 29.1. The number of rotatable bonds is 3. The first kappa shape index (κ1) is 16.7. The van der Waals surface area contributed by atoms with Gasteiger partial charge >= 0.3 is 5.97 Å². The molecule has 0 spiro atoms. The van der Waals surface area contributed by atoms with Crippen LogP contribution < -0.4 is 5.32 Å². The van der Waals surface area contributed by atoms with Crippen LogP contribution in [0.25, 0.3) is 22.4 Å². The minimum atomic E-state index is -0.874. The summed E-state index contributed by atoms with van der Waals surface area (Å²) in [5, 5.41) is 5.97. The number of fused-ring (bicyclic) bond motifs is 2. The fraction of sp³-hybridized carbons (Fsp3) is 0.0952. The number of nitrogens with zero attached hydrogens (tertiary/aromatic N) is 1. The number of anilines is 1. The molecule has 0 saturated heterocycles. The number of thiazole rings is 1. The summed E-state index contributed by atoms with van der Waals surface area (Å²) >= 11 is 1.29. The molecule has 0 fully saturated rings. The van der Waals surface area contributed by atoms with Gasteiger partial charge in [-0.25, -0.2) is 9.78 Å². The van der Waals surface area contributed by atoms with Crippen molar-refractivity contribution in [1.29, 1.82) is 0 Å². The number of furan rings is 1. The molecule has 5 rings (SSSR count). The van der Waals surface area contributed by atoms with Gasteiger partial charge in [-0.05, 0) is 23.8 Å². The molecule has 1 N–H and O–H groups in total. The predicted molar refractivity (Wildman–Crippen MR) is 105 cm³/mol. The van der Waals surface area contributed by atoms with E-state index in [2.05, 4.69) is 10.3 Å². The lowest BCUT2D eigenvalue weighted by Gasteiger charge is -2.23. The maximum atomic E-state index is 12.6. The Bertz CT molecular complexity index is 1180. The average molecular weight is 390 g/mol. The maximum absolute atomic E-state index is 12.6. The van der Waals surface area contributed by atoms with Crippen LogP contribution in [-0.2, 0) is 16.0 Å². The van der Waals surface area contributed by atoms with Crippen LogP contribution in [0.5, 0.6) is 0 Å². The van der Waals surface area contributed by atoms with Gasteiger partial charge in [0.15, 0.2) is 17.0 Å². The number of nitrogens with one attached hydrogen (secondary N) is 1. The third kappa shape index (κ3) is 2.95. The molecule has 1 aliphatic rings. The fourth-order valence-corrected chi connectivity index (χ4v) is 3.92. The van der Waals surface area contributed by atoms with Crippen LogP contribution in [0, 0.1) is 0 Å². The van der Waals surface area contributed by atoms with E-state index in [0.717, 1.165) is 16.5 Å². The fourth-order valence-electron chi connectivity index (χ4n) is 3.22. The number of hydrogen-bond acceptors (Lipinski definition) is 6. The molecule has 6 nitrogen and oxygen atoms in total. The van der Waals surface area contributed by atoms with Crippen LogP contribution in [0.4, 0.5) is 5.13 Å². The van der Waals surface area contributed by atoms with Crippen LogP contribution >= 0.6 is 11.3 Å². The van der Waals surface area contributed by atoms with E-state index < -0.39 is 18.0 Å². The van der Waals surface area contributed by atoms with E-state index in [-0.39, 0.29) is 0 Å². The summed E-state index contributed by atoms with van der Waals surface area (Å²) in [5.41, 5.74) is 2.74. The monoisotopic (exact) mass is 390 g/mol. The third-order valence-electron chi connectivity index (χ3n) is 4.60. The number of carbonyl (C=O) groups excluding carboxylic acids is 2. The van der Waals surface area contributed by atoms with E-state index in [9.17, 15) is 9.59 Å². The highest BCUT2D eigenvalue weighted by Gasteiger charge is 2.31. The average Bonchev–Trinajstić information content (AvgIpc) is 3.34. The SMILES string of the molecule is O=C1O[C@H](C(=O)Nc2nc(-c3cc4ccccc4o3)cs2)Cc2ccccc21. The molecule has 0 radical (unpaired) electrons. The Hall–Kier alpha value is -3.45. The first-order valence-corrected chi connectivity index (χ1v) is 9.59. The number of hydrogen-bond donors (Lipinski definition) is 1. The second-order valence-corrected chi connectivity index (χ2v) is 7.29. The van der Waals surface area contributed by atoms with E-state index in [1.807, 2.05) is 47.8 Å². The summed E-state index contributed by atoms with van der Waals surface area (Å²) in [7, 11) is 0. The van der Waals surface area contributed by atoms with Crippen LogP contribution in [0.15, 0.2) is 64.4 Å². The first-order valence-electron chi connectivity index (χ1n) is 8.71. The van der Waals surface area contributed by atoms with Gasteiger partial charge in [0.05, 0.1) is 5.56 Å². The van der Waals surface area contributed by atoms with Gasteiger partial charge in [-0.15, -0.1) is 11.3 Å². The Labute approximate surface area is 163 Å². The van der Waals surface area contributed by atoms with Crippen molar-refractivity contribution in [2.45, 2.75) is 12.5 Å². The molecule has 138 valence electrons. The number of amides is 1. The van der Waals surface area contributed by atoms with E-state index in [4.69, 9.17) is 9.15 Å². The Morgan fingerprint density at radius 1 is 1.14 bits per heavy atom. The Morgan fingerprint density at radius 3 is 2.86 bits per heavy atom. The van der Waals surface area contributed by atoms with Crippen molar-refractivity contribution in [3.8, 4) is 11.5 Å². The van der Waals surface area contributed by atoms with Gasteiger partial charge < -0.3 is 9.15 Å². The highest BCUT2D eigenvalue weighted by molar-refractivity contribution is 7.14. The predicted octanol–water partition coefficient (Wildman–Crippen LogP) is 4.28. The Balaban J connectivity index is 1.33. The molecule has 28 heavy (non-hydrogen) atoms. The Kier molecular flexibility index (Phi) is 3.95. The first-order chi connectivity index (χ1) is 13.7. The summed E-state index contributed by atoms with van der Waals surface area (Å²) in [6, 6.07) is 16.8. The van der Waals surface area contributed by atoms with Crippen molar-refractivity contribution in [1.82, 2.24) is 4.98 Å². The number of ether oxygens (including phenoxy) is 1. The lowest BCUT2D eigenvalue weighted by Crippen LogP contribution is -2.37. The molecule has 4 aromatic rings. The van der Waals surface area contributed by atoms with Gasteiger partial charge in [-0.1, -0.05) is 36.4 Å². The van der Waals surface area contributed by atoms with E-state index in [1.54, 1.807) is 12.1 Å². The third-order valence-corrected chi connectivity index (χ3v) is 5.35. The molecule has 0 aliphatic carbocycles. The molecule has 3 heterocycles. The second kappa shape index (κ2) is 6.61. The second-order valence-electron chi connectivity index (χ2n) is 6.43. The van der Waals surface area contributed by atoms with E-state index in [0.29, 0.717) is 28.6 Å². The highest BCUT2D eigenvalue weighted by atomic mass is 32.1. The summed E-state index contributed by atoms with van der Waals surface area (Å²) < 4.78 is 11.1. The number of esters is 1. The molecule has 0 saturated carbocycles. The molecule has 0 unspecified atom stereocenters. The number of carbonyl (C=O) groups is 2. The molecule has 1 aliphatic heterocycles. The minimum Gasteiger partial charge on any atom is -0.454 e. The zero-order valence-electron chi connectivity index (χ0n) is 14.5. The molecular weight excluding hydrogens is 376 g/mol. The molecule has 1 amide bonds. The van der Waals surface area contributed by atoms with Crippen molar-refractivity contribution >= 4 is 39.3 Å². The van der Waals surface area contributed by atoms with Crippen LogP contribution in [-0.4, -0.2) is 23.0 Å². The van der Waals surface area contributed by atoms with Gasteiger partial charge in [0.2, 0.25) is 0 Å².